The first-order valence-corrected chi connectivity index (χ1v) is 6.92. The summed E-state index contributed by atoms with van der Waals surface area (Å²) in [5.74, 6) is -0.281. The van der Waals surface area contributed by atoms with Crippen LogP contribution in [0.3, 0.4) is 0 Å². The number of nitrogens with zero attached hydrogens (tertiary/aromatic N) is 1. The number of urea groups is 1. The SMILES string of the molecule is CC(CCC(=O)O)NC(=O)NCC1CCN(C)CC1. The minimum Gasteiger partial charge on any atom is -0.481 e. The molecule has 1 unspecified atom stereocenters. The number of amides is 2. The Morgan fingerprint density at radius 3 is 2.58 bits per heavy atom. The van der Waals surface area contributed by atoms with Crippen molar-refractivity contribution in [1.82, 2.24) is 15.5 Å². The second kappa shape index (κ2) is 7.99. The summed E-state index contributed by atoms with van der Waals surface area (Å²) in [7, 11) is 2.11. The van der Waals surface area contributed by atoms with Gasteiger partial charge in [-0.15, -0.1) is 0 Å². The van der Waals surface area contributed by atoms with Crippen molar-refractivity contribution in [3.63, 3.8) is 0 Å². The van der Waals surface area contributed by atoms with Crippen LogP contribution in [0.25, 0.3) is 0 Å². The standard InChI is InChI=1S/C13H25N3O3/c1-10(3-4-12(17)18)15-13(19)14-9-11-5-7-16(2)8-6-11/h10-11H,3-9H2,1-2H3,(H,17,18)(H2,14,15,19). The van der Waals surface area contributed by atoms with Gasteiger partial charge in [0.1, 0.15) is 0 Å². The summed E-state index contributed by atoms with van der Waals surface area (Å²) in [6, 6.07) is -0.314. The van der Waals surface area contributed by atoms with E-state index >= 15 is 0 Å². The number of carbonyl (C=O) groups is 2. The Labute approximate surface area is 114 Å². The highest BCUT2D eigenvalue weighted by molar-refractivity contribution is 5.74. The maximum absolute atomic E-state index is 11.6. The van der Waals surface area contributed by atoms with Gasteiger partial charge in [-0.25, -0.2) is 4.79 Å². The average Bonchev–Trinajstić information content (AvgIpc) is 2.36. The third kappa shape index (κ3) is 7.00. The van der Waals surface area contributed by atoms with E-state index in [-0.39, 0.29) is 18.5 Å². The van der Waals surface area contributed by atoms with Crippen molar-refractivity contribution in [2.45, 2.75) is 38.6 Å². The molecule has 1 atom stereocenters. The smallest absolute Gasteiger partial charge is 0.315 e. The fourth-order valence-corrected chi connectivity index (χ4v) is 2.19. The van der Waals surface area contributed by atoms with E-state index in [4.69, 9.17) is 5.11 Å². The third-order valence-corrected chi connectivity index (χ3v) is 3.56. The Kier molecular flexibility index (Phi) is 6.62. The van der Waals surface area contributed by atoms with E-state index in [1.54, 1.807) is 0 Å². The van der Waals surface area contributed by atoms with E-state index in [0.29, 0.717) is 18.9 Å². The molecule has 110 valence electrons. The minimum absolute atomic E-state index is 0.0798. The molecule has 0 radical (unpaired) electrons. The molecule has 0 bridgehead atoms. The average molecular weight is 271 g/mol. The number of nitrogens with one attached hydrogen (secondary N) is 2. The number of carboxylic acid groups (broad SMARTS) is 1. The first-order valence-electron chi connectivity index (χ1n) is 6.92. The molecular formula is C13H25N3O3. The van der Waals surface area contributed by atoms with Crippen LogP contribution in [0.2, 0.25) is 0 Å². The Morgan fingerprint density at radius 2 is 2.00 bits per heavy atom. The summed E-state index contributed by atoms with van der Waals surface area (Å²) in [6.45, 7) is 4.69. The van der Waals surface area contributed by atoms with Gasteiger partial charge < -0.3 is 20.6 Å². The van der Waals surface area contributed by atoms with Gasteiger partial charge in [-0.05, 0) is 52.2 Å². The zero-order chi connectivity index (χ0) is 14.3. The van der Waals surface area contributed by atoms with E-state index in [0.717, 1.165) is 25.9 Å². The third-order valence-electron chi connectivity index (χ3n) is 3.56. The van der Waals surface area contributed by atoms with E-state index in [1.165, 1.54) is 0 Å². The quantitative estimate of drug-likeness (QED) is 0.670. The summed E-state index contributed by atoms with van der Waals surface area (Å²) in [5.41, 5.74) is 0. The van der Waals surface area contributed by atoms with Crippen LogP contribution >= 0.6 is 0 Å². The topological polar surface area (TPSA) is 81.7 Å². The minimum atomic E-state index is -0.833. The van der Waals surface area contributed by atoms with Crippen LogP contribution in [-0.4, -0.2) is 54.7 Å². The lowest BCUT2D eigenvalue weighted by Gasteiger charge is -2.29. The molecule has 1 fully saturated rings. The van der Waals surface area contributed by atoms with Crippen LogP contribution in [0.4, 0.5) is 4.79 Å². The highest BCUT2D eigenvalue weighted by atomic mass is 16.4. The van der Waals surface area contributed by atoms with Crippen molar-refractivity contribution < 1.29 is 14.7 Å². The number of carbonyl (C=O) groups excluding carboxylic acids is 1. The van der Waals surface area contributed by atoms with Crippen LogP contribution in [0, 0.1) is 5.92 Å². The number of hydrogen-bond donors (Lipinski definition) is 3. The molecule has 0 aromatic rings. The Hall–Kier alpha value is -1.30. The highest BCUT2D eigenvalue weighted by Gasteiger charge is 2.17. The largest absolute Gasteiger partial charge is 0.481 e. The van der Waals surface area contributed by atoms with E-state index in [9.17, 15) is 9.59 Å². The van der Waals surface area contributed by atoms with Gasteiger partial charge in [0.25, 0.3) is 0 Å². The zero-order valence-electron chi connectivity index (χ0n) is 11.8. The number of aliphatic carboxylic acids is 1. The van der Waals surface area contributed by atoms with Crippen molar-refractivity contribution in [3.8, 4) is 0 Å². The zero-order valence-corrected chi connectivity index (χ0v) is 11.8. The number of carboxylic acids is 1. The van der Waals surface area contributed by atoms with Crippen molar-refractivity contribution in [1.29, 1.82) is 0 Å². The molecule has 1 rings (SSSR count). The molecule has 3 N–H and O–H groups in total. The maximum atomic E-state index is 11.6. The molecule has 2 amide bonds. The summed E-state index contributed by atoms with van der Waals surface area (Å²) in [6.07, 6.45) is 2.77. The summed E-state index contributed by atoms with van der Waals surface area (Å²) >= 11 is 0. The van der Waals surface area contributed by atoms with Gasteiger partial charge >= 0.3 is 12.0 Å². The molecule has 1 aliphatic rings. The second-order valence-electron chi connectivity index (χ2n) is 5.43. The van der Waals surface area contributed by atoms with Gasteiger partial charge in [0, 0.05) is 19.0 Å². The Morgan fingerprint density at radius 1 is 1.37 bits per heavy atom. The van der Waals surface area contributed by atoms with Gasteiger partial charge in [0.15, 0.2) is 0 Å². The normalized spacial score (nSPS) is 18.8. The predicted octanol–water partition coefficient (Wildman–Crippen LogP) is 0.881. The molecule has 0 aliphatic carbocycles. The summed E-state index contributed by atoms with van der Waals surface area (Å²) in [4.78, 5) is 24.3. The number of piperidine rings is 1. The lowest BCUT2D eigenvalue weighted by molar-refractivity contribution is -0.137. The summed E-state index contributed by atoms with van der Waals surface area (Å²) < 4.78 is 0. The van der Waals surface area contributed by atoms with Crippen molar-refractivity contribution in [2.24, 2.45) is 5.92 Å². The molecular weight excluding hydrogens is 246 g/mol. The Balaban J connectivity index is 2.12. The molecule has 6 heteroatoms. The lowest BCUT2D eigenvalue weighted by atomic mass is 9.97. The molecule has 1 heterocycles. The maximum Gasteiger partial charge on any atom is 0.315 e. The second-order valence-corrected chi connectivity index (χ2v) is 5.43. The monoisotopic (exact) mass is 271 g/mol. The Bertz CT molecular complexity index is 302. The number of rotatable bonds is 6. The molecule has 19 heavy (non-hydrogen) atoms. The van der Waals surface area contributed by atoms with Gasteiger partial charge in [0.05, 0.1) is 0 Å². The van der Waals surface area contributed by atoms with Crippen LogP contribution in [-0.2, 0) is 4.79 Å². The fraction of sp³-hybridized carbons (Fsp3) is 0.846. The van der Waals surface area contributed by atoms with Gasteiger partial charge in [-0.1, -0.05) is 0 Å². The van der Waals surface area contributed by atoms with Crippen LogP contribution in [0.15, 0.2) is 0 Å². The van der Waals surface area contributed by atoms with Gasteiger partial charge in [-0.2, -0.15) is 0 Å². The summed E-state index contributed by atoms with van der Waals surface area (Å²) in [5, 5.41) is 14.2. The van der Waals surface area contributed by atoms with Crippen LogP contribution in [0.1, 0.15) is 32.6 Å². The predicted molar refractivity (Wildman–Crippen MR) is 73.1 cm³/mol. The molecule has 0 aromatic heterocycles. The van der Waals surface area contributed by atoms with Crippen LogP contribution < -0.4 is 10.6 Å². The first kappa shape index (κ1) is 15.8. The first-order chi connectivity index (χ1) is 8.97. The van der Waals surface area contributed by atoms with E-state index in [2.05, 4.69) is 22.6 Å². The van der Waals surface area contributed by atoms with E-state index in [1.807, 2.05) is 6.92 Å². The van der Waals surface area contributed by atoms with Crippen molar-refractivity contribution in [3.05, 3.63) is 0 Å². The molecule has 1 saturated heterocycles. The molecule has 1 aliphatic heterocycles. The molecule has 6 nitrogen and oxygen atoms in total. The fourth-order valence-electron chi connectivity index (χ4n) is 2.19. The number of likely N-dealkylation sites (tertiary alicyclic amines) is 1. The van der Waals surface area contributed by atoms with Gasteiger partial charge in [-0.3, -0.25) is 4.79 Å². The number of hydrogen-bond acceptors (Lipinski definition) is 3. The van der Waals surface area contributed by atoms with Gasteiger partial charge in [0.2, 0.25) is 0 Å². The molecule has 0 aromatic carbocycles. The lowest BCUT2D eigenvalue weighted by Crippen LogP contribution is -2.44. The van der Waals surface area contributed by atoms with E-state index < -0.39 is 5.97 Å². The van der Waals surface area contributed by atoms with Crippen molar-refractivity contribution in [2.75, 3.05) is 26.7 Å². The van der Waals surface area contributed by atoms with Crippen molar-refractivity contribution >= 4 is 12.0 Å². The molecule has 0 saturated carbocycles. The highest BCUT2D eigenvalue weighted by Crippen LogP contribution is 2.14. The van der Waals surface area contributed by atoms with Crippen LogP contribution in [0.5, 0.6) is 0 Å². The molecule has 0 spiro atoms.